The number of nitrogens with one attached hydrogen (secondary N) is 1. The zero-order chi connectivity index (χ0) is 13.6. The summed E-state index contributed by atoms with van der Waals surface area (Å²) < 4.78 is 39.4. The normalized spacial score (nSPS) is 11.1. The van der Waals surface area contributed by atoms with Gasteiger partial charge in [0.2, 0.25) is 0 Å². The summed E-state index contributed by atoms with van der Waals surface area (Å²) >= 11 is 0. The first-order chi connectivity index (χ1) is 8.40. The first-order valence-electron chi connectivity index (χ1n) is 5.50. The van der Waals surface area contributed by atoms with Crippen molar-refractivity contribution in [1.29, 1.82) is 0 Å². The minimum Gasteiger partial charge on any atom is -0.440 e. The van der Waals surface area contributed by atoms with E-state index in [1.807, 2.05) is 19.1 Å². The van der Waals surface area contributed by atoms with Crippen molar-refractivity contribution in [3.8, 4) is 0 Å². The SMILES string of the molecule is CCCc1ccc(NC(=O)OCC(F)(F)F)cc1. The summed E-state index contributed by atoms with van der Waals surface area (Å²) in [6.07, 6.45) is -3.71. The molecule has 0 atom stereocenters. The second kappa shape index (κ2) is 6.28. The molecular weight excluding hydrogens is 247 g/mol. The summed E-state index contributed by atoms with van der Waals surface area (Å²) in [5.74, 6) is 0. The summed E-state index contributed by atoms with van der Waals surface area (Å²) in [6, 6.07) is 6.87. The average molecular weight is 261 g/mol. The van der Waals surface area contributed by atoms with Gasteiger partial charge in [-0.2, -0.15) is 13.2 Å². The Morgan fingerprint density at radius 2 is 1.89 bits per heavy atom. The third-order valence-corrected chi connectivity index (χ3v) is 2.11. The number of anilines is 1. The van der Waals surface area contributed by atoms with Gasteiger partial charge in [-0.15, -0.1) is 0 Å². The van der Waals surface area contributed by atoms with Crippen LogP contribution >= 0.6 is 0 Å². The van der Waals surface area contributed by atoms with E-state index in [9.17, 15) is 18.0 Å². The van der Waals surface area contributed by atoms with Gasteiger partial charge in [0.15, 0.2) is 6.61 Å². The lowest BCUT2D eigenvalue weighted by Gasteiger charge is -2.09. The predicted octanol–water partition coefficient (Wildman–Crippen LogP) is 3.75. The first kappa shape index (κ1) is 14.3. The molecule has 1 N–H and O–H groups in total. The van der Waals surface area contributed by atoms with Crippen molar-refractivity contribution in [3.63, 3.8) is 0 Å². The van der Waals surface area contributed by atoms with E-state index in [1.165, 1.54) is 0 Å². The van der Waals surface area contributed by atoms with Crippen LogP contribution in [0.5, 0.6) is 0 Å². The second-order valence-corrected chi connectivity index (χ2v) is 3.76. The summed E-state index contributed by atoms with van der Waals surface area (Å²) in [7, 11) is 0. The fourth-order valence-corrected chi connectivity index (χ4v) is 1.34. The number of rotatable bonds is 4. The maximum Gasteiger partial charge on any atom is 0.422 e. The van der Waals surface area contributed by atoms with Gasteiger partial charge in [0, 0.05) is 5.69 Å². The molecule has 0 aliphatic carbocycles. The molecule has 1 rings (SSSR count). The van der Waals surface area contributed by atoms with E-state index in [0.29, 0.717) is 5.69 Å². The van der Waals surface area contributed by atoms with Gasteiger partial charge >= 0.3 is 12.3 Å². The molecule has 0 bridgehead atoms. The van der Waals surface area contributed by atoms with Gasteiger partial charge < -0.3 is 4.74 Å². The molecule has 1 amide bonds. The molecule has 1 aromatic rings. The van der Waals surface area contributed by atoms with Gasteiger partial charge in [-0.05, 0) is 24.1 Å². The highest BCUT2D eigenvalue weighted by Gasteiger charge is 2.29. The summed E-state index contributed by atoms with van der Waals surface area (Å²) in [6.45, 7) is 0.452. The van der Waals surface area contributed by atoms with Crippen LogP contribution in [0.2, 0.25) is 0 Å². The number of hydrogen-bond donors (Lipinski definition) is 1. The molecule has 100 valence electrons. The van der Waals surface area contributed by atoms with Crippen molar-refractivity contribution in [3.05, 3.63) is 29.8 Å². The lowest BCUT2D eigenvalue weighted by atomic mass is 10.1. The lowest BCUT2D eigenvalue weighted by Crippen LogP contribution is -2.23. The van der Waals surface area contributed by atoms with Crippen molar-refractivity contribution >= 4 is 11.8 Å². The quantitative estimate of drug-likeness (QED) is 0.896. The number of carbonyl (C=O) groups is 1. The fraction of sp³-hybridized carbons (Fsp3) is 0.417. The monoisotopic (exact) mass is 261 g/mol. The number of aryl methyl sites for hydroxylation is 1. The van der Waals surface area contributed by atoms with Crippen LogP contribution in [-0.2, 0) is 11.2 Å². The molecule has 1 aromatic carbocycles. The predicted molar refractivity (Wildman–Crippen MR) is 61.5 cm³/mol. The van der Waals surface area contributed by atoms with E-state index in [-0.39, 0.29) is 0 Å². The highest BCUT2D eigenvalue weighted by Crippen LogP contribution is 2.15. The maximum atomic E-state index is 11.8. The van der Waals surface area contributed by atoms with Crippen LogP contribution in [0.15, 0.2) is 24.3 Å². The molecule has 0 saturated carbocycles. The Hall–Kier alpha value is -1.72. The van der Waals surface area contributed by atoms with Gasteiger partial charge in [-0.25, -0.2) is 4.79 Å². The van der Waals surface area contributed by atoms with Crippen molar-refractivity contribution < 1.29 is 22.7 Å². The highest BCUT2D eigenvalue weighted by molar-refractivity contribution is 5.84. The Morgan fingerprint density at radius 1 is 1.28 bits per heavy atom. The Morgan fingerprint density at radius 3 is 2.39 bits per heavy atom. The summed E-state index contributed by atoms with van der Waals surface area (Å²) in [5.41, 5.74) is 1.51. The van der Waals surface area contributed by atoms with Gasteiger partial charge in [0.05, 0.1) is 0 Å². The topological polar surface area (TPSA) is 38.3 Å². The van der Waals surface area contributed by atoms with Crippen LogP contribution in [0, 0.1) is 0 Å². The summed E-state index contributed by atoms with van der Waals surface area (Å²) in [5, 5.41) is 2.22. The van der Waals surface area contributed by atoms with Gasteiger partial charge in [-0.3, -0.25) is 5.32 Å². The van der Waals surface area contributed by atoms with Crippen molar-refractivity contribution in [2.75, 3.05) is 11.9 Å². The molecule has 0 heterocycles. The number of alkyl halides is 3. The van der Waals surface area contributed by atoms with Crippen LogP contribution in [0.4, 0.5) is 23.7 Å². The Kier molecular flexibility index (Phi) is 5.00. The maximum absolute atomic E-state index is 11.8. The van der Waals surface area contributed by atoms with E-state index in [2.05, 4.69) is 10.1 Å². The number of ether oxygens (including phenoxy) is 1. The summed E-state index contributed by atoms with van der Waals surface area (Å²) in [4.78, 5) is 11.0. The lowest BCUT2D eigenvalue weighted by molar-refractivity contribution is -0.159. The number of benzene rings is 1. The zero-order valence-corrected chi connectivity index (χ0v) is 9.88. The smallest absolute Gasteiger partial charge is 0.422 e. The molecule has 0 fully saturated rings. The number of hydrogen-bond acceptors (Lipinski definition) is 2. The largest absolute Gasteiger partial charge is 0.440 e. The Labute approximate surface area is 103 Å². The third-order valence-electron chi connectivity index (χ3n) is 2.11. The number of carbonyl (C=O) groups excluding carboxylic acids is 1. The number of amides is 1. The van der Waals surface area contributed by atoms with Gasteiger partial charge in [-0.1, -0.05) is 25.5 Å². The Balaban J connectivity index is 2.44. The van der Waals surface area contributed by atoms with Crippen molar-refractivity contribution in [2.45, 2.75) is 25.9 Å². The van der Waals surface area contributed by atoms with Crippen LogP contribution in [0.25, 0.3) is 0 Å². The molecule has 0 spiro atoms. The highest BCUT2D eigenvalue weighted by atomic mass is 19.4. The van der Waals surface area contributed by atoms with Gasteiger partial charge in [0.1, 0.15) is 0 Å². The number of halogens is 3. The van der Waals surface area contributed by atoms with E-state index in [0.717, 1.165) is 18.4 Å². The molecular formula is C12H14F3NO2. The molecule has 6 heteroatoms. The molecule has 0 radical (unpaired) electrons. The zero-order valence-electron chi connectivity index (χ0n) is 9.88. The molecule has 0 unspecified atom stereocenters. The van der Waals surface area contributed by atoms with Crippen LogP contribution < -0.4 is 5.32 Å². The van der Waals surface area contributed by atoms with Gasteiger partial charge in [0.25, 0.3) is 0 Å². The molecule has 0 aliphatic rings. The van der Waals surface area contributed by atoms with Crippen LogP contribution in [0.3, 0.4) is 0 Å². The standard InChI is InChI=1S/C12H14F3NO2/c1-2-3-9-4-6-10(7-5-9)16-11(17)18-8-12(13,14)15/h4-7H,2-3,8H2,1H3,(H,16,17). The van der Waals surface area contributed by atoms with Crippen LogP contribution in [0.1, 0.15) is 18.9 Å². The minimum absolute atomic E-state index is 0.405. The van der Waals surface area contributed by atoms with E-state index in [1.54, 1.807) is 12.1 Å². The third kappa shape index (κ3) is 5.56. The minimum atomic E-state index is -4.51. The van der Waals surface area contributed by atoms with E-state index in [4.69, 9.17) is 0 Å². The molecule has 0 aromatic heterocycles. The van der Waals surface area contributed by atoms with Crippen molar-refractivity contribution in [1.82, 2.24) is 0 Å². The fourth-order valence-electron chi connectivity index (χ4n) is 1.34. The second-order valence-electron chi connectivity index (χ2n) is 3.76. The molecule has 0 aliphatic heterocycles. The Bertz CT molecular complexity index is 387. The van der Waals surface area contributed by atoms with E-state index >= 15 is 0 Å². The molecule has 18 heavy (non-hydrogen) atoms. The molecule has 0 saturated heterocycles. The van der Waals surface area contributed by atoms with Crippen LogP contribution in [-0.4, -0.2) is 18.9 Å². The van der Waals surface area contributed by atoms with Crippen molar-refractivity contribution in [2.24, 2.45) is 0 Å². The van der Waals surface area contributed by atoms with E-state index < -0.39 is 18.9 Å². The molecule has 3 nitrogen and oxygen atoms in total. The first-order valence-corrected chi connectivity index (χ1v) is 5.50. The average Bonchev–Trinajstić information content (AvgIpc) is 2.29.